The van der Waals surface area contributed by atoms with Crippen LogP contribution in [0.1, 0.15) is 62.1 Å². The number of nitrogens with zero attached hydrogens (tertiary/aromatic N) is 4. The van der Waals surface area contributed by atoms with Crippen molar-refractivity contribution in [1.82, 2.24) is 19.5 Å². The largest absolute Gasteiger partial charge is 0.433 e. The molecule has 1 saturated carbocycles. The van der Waals surface area contributed by atoms with Gasteiger partial charge in [0.05, 0.1) is 5.69 Å². The van der Waals surface area contributed by atoms with Crippen molar-refractivity contribution in [3.8, 4) is 11.3 Å². The van der Waals surface area contributed by atoms with Gasteiger partial charge in [0, 0.05) is 23.7 Å². The number of hydrogen-bond acceptors (Lipinski definition) is 3. The summed E-state index contributed by atoms with van der Waals surface area (Å²) in [4.78, 5) is 19.9. The average Bonchev–Trinajstić information content (AvgIpc) is 3.22. The highest BCUT2D eigenvalue weighted by molar-refractivity contribution is 5.94. The van der Waals surface area contributed by atoms with Gasteiger partial charge in [0.2, 0.25) is 0 Å². The van der Waals surface area contributed by atoms with E-state index in [2.05, 4.69) is 17.0 Å². The van der Waals surface area contributed by atoms with Gasteiger partial charge >= 0.3 is 6.18 Å². The molecule has 0 spiro atoms. The minimum absolute atomic E-state index is 0.0179. The molecule has 1 aromatic carbocycles. The van der Waals surface area contributed by atoms with Crippen LogP contribution in [0.4, 0.5) is 13.2 Å². The third-order valence-electron chi connectivity index (χ3n) is 7.23. The summed E-state index contributed by atoms with van der Waals surface area (Å²) in [6.07, 6.45) is 0.428. The van der Waals surface area contributed by atoms with Gasteiger partial charge in [-0.1, -0.05) is 37.3 Å². The van der Waals surface area contributed by atoms with Gasteiger partial charge in [-0.15, -0.1) is 0 Å². The van der Waals surface area contributed by atoms with Crippen LogP contribution in [0.15, 0.2) is 42.5 Å². The molecule has 1 aliphatic carbocycles. The Kier molecular flexibility index (Phi) is 5.41. The Labute approximate surface area is 190 Å². The molecule has 1 amide bonds. The van der Waals surface area contributed by atoms with E-state index in [0.29, 0.717) is 17.4 Å². The van der Waals surface area contributed by atoms with Gasteiger partial charge in [0.1, 0.15) is 0 Å². The highest BCUT2D eigenvalue weighted by Gasteiger charge is 2.42. The number of alkyl halides is 3. The van der Waals surface area contributed by atoms with Crippen molar-refractivity contribution >= 4 is 11.6 Å². The molecule has 2 fully saturated rings. The maximum absolute atomic E-state index is 13.9. The summed E-state index contributed by atoms with van der Waals surface area (Å²) < 4.78 is 42.5. The van der Waals surface area contributed by atoms with Crippen LogP contribution in [0.2, 0.25) is 0 Å². The highest BCUT2D eigenvalue weighted by Crippen LogP contribution is 2.41. The second-order valence-corrected chi connectivity index (χ2v) is 9.57. The summed E-state index contributed by atoms with van der Waals surface area (Å²) in [6.45, 7) is 4.27. The Bertz CT molecular complexity index is 1170. The first kappa shape index (κ1) is 21.9. The minimum Gasteiger partial charge on any atom is -0.331 e. The molecular formula is C25H27F3N4O. The lowest BCUT2D eigenvalue weighted by Crippen LogP contribution is -2.54. The monoisotopic (exact) mass is 456 g/mol. The predicted octanol–water partition coefficient (Wildman–Crippen LogP) is 5.84. The third-order valence-corrected chi connectivity index (χ3v) is 7.23. The summed E-state index contributed by atoms with van der Waals surface area (Å²) in [5.41, 5.74) is -0.137. The van der Waals surface area contributed by atoms with Crippen molar-refractivity contribution in [2.24, 2.45) is 11.8 Å². The number of hydrogen-bond donors (Lipinski definition) is 0. The molecular weight excluding hydrogens is 429 g/mol. The zero-order valence-electron chi connectivity index (χ0n) is 18.7. The molecule has 8 heteroatoms. The zero-order chi connectivity index (χ0) is 23.3. The van der Waals surface area contributed by atoms with Crippen molar-refractivity contribution in [2.45, 2.75) is 64.2 Å². The second-order valence-electron chi connectivity index (χ2n) is 9.57. The first-order valence-corrected chi connectivity index (χ1v) is 11.6. The molecule has 3 aromatic rings. The number of carbonyl (C=O) groups excluding carboxylic acids is 1. The summed E-state index contributed by atoms with van der Waals surface area (Å²) in [5.74, 6) is 0.785. The van der Waals surface area contributed by atoms with E-state index >= 15 is 0 Å². The van der Waals surface area contributed by atoms with Crippen LogP contribution in [-0.4, -0.2) is 37.5 Å². The number of piperidine rings is 1. The molecule has 0 unspecified atom stereocenters. The Morgan fingerprint density at radius 1 is 1.03 bits per heavy atom. The van der Waals surface area contributed by atoms with Gasteiger partial charge in [-0.25, -0.2) is 9.50 Å². The Hall–Kier alpha value is -2.90. The van der Waals surface area contributed by atoms with Crippen LogP contribution in [0.5, 0.6) is 0 Å². The minimum atomic E-state index is -4.64. The molecule has 5 nitrogen and oxygen atoms in total. The Morgan fingerprint density at radius 3 is 2.52 bits per heavy atom. The average molecular weight is 457 g/mol. The number of benzene rings is 1. The summed E-state index contributed by atoms with van der Waals surface area (Å²) in [5, 5.41) is 4.12. The van der Waals surface area contributed by atoms with E-state index < -0.39 is 11.9 Å². The van der Waals surface area contributed by atoms with E-state index in [0.717, 1.165) is 42.7 Å². The number of amides is 1. The number of fused-ring (bicyclic) bond motifs is 2. The lowest BCUT2D eigenvalue weighted by atomic mass is 9.72. The van der Waals surface area contributed by atoms with Crippen LogP contribution in [0, 0.1) is 11.8 Å². The molecule has 0 bridgehead atoms. The SMILES string of the molecule is C[C@H]1CC[C@H]2[C@H](CC[C@H](C)N2C(=O)c2cc3nc(-c4ccccc4)cc(C(F)(F)F)n3n2)C1. The fraction of sp³-hybridized carbons (Fsp3) is 0.480. The van der Waals surface area contributed by atoms with E-state index in [9.17, 15) is 18.0 Å². The summed E-state index contributed by atoms with van der Waals surface area (Å²) >= 11 is 0. The Morgan fingerprint density at radius 2 is 1.79 bits per heavy atom. The first-order chi connectivity index (χ1) is 15.7. The number of halogens is 3. The summed E-state index contributed by atoms with van der Waals surface area (Å²) in [6, 6.07) is 11.3. The summed E-state index contributed by atoms with van der Waals surface area (Å²) in [7, 11) is 0. The second kappa shape index (κ2) is 8.15. The fourth-order valence-corrected chi connectivity index (χ4v) is 5.60. The van der Waals surface area contributed by atoms with Crippen molar-refractivity contribution < 1.29 is 18.0 Å². The van der Waals surface area contributed by atoms with Crippen LogP contribution < -0.4 is 0 Å². The van der Waals surface area contributed by atoms with Gasteiger partial charge in [-0.3, -0.25) is 4.79 Å². The topological polar surface area (TPSA) is 50.5 Å². The van der Waals surface area contributed by atoms with E-state index in [4.69, 9.17) is 0 Å². The van der Waals surface area contributed by atoms with E-state index in [-0.39, 0.29) is 35.0 Å². The molecule has 174 valence electrons. The van der Waals surface area contributed by atoms with E-state index in [1.165, 1.54) is 6.07 Å². The van der Waals surface area contributed by atoms with Gasteiger partial charge < -0.3 is 4.90 Å². The lowest BCUT2D eigenvalue weighted by Gasteiger charge is -2.48. The first-order valence-electron chi connectivity index (χ1n) is 11.6. The Balaban J connectivity index is 1.57. The van der Waals surface area contributed by atoms with Crippen LogP contribution in [0.3, 0.4) is 0 Å². The number of likely N-dealkylation sites (tertiary alicyclic amines) is 1. The van der Waals surface area contributed by atoms with E-state index in [1.807, 2.05) is 11.8 Å². The third kappa shape index (κ3) is 4.00. The van der Waals surface area contributed by atoms with Gasteiger partial charge in [-0.2, -0.15) is 18.3 Å². The predicted molar refractivity (Wildman–Crippen MR) is 119 cm³/mol. The van der Waals surface area contributed by atoms with Gasteiger partial charge in [-0.05, 0) is 56.9 Å². The highest BCUT2D eigenvalue weighted by atomic mass is 19.4. The maximum atomic E-state index is 13.9. The molecule has 2 aromatic heterocycles. The molecule has 2 aliphatic rings. The van der Waals surface area contributed by atoms with Gasteiger partial charge in [0.15, 0.2) is 17.0 Å². The molecule has 3 heterocycles. The van der Waals surface area contributed by atoms with Crippen molar-refractivity contribution in [3.63, 3.8) is 0 Å². The number of carbonyl (C=O) groups is 1. The number of aromatic nitrogens is 3. The maximum Gasteiger partial charge on any atom is 0.433 e. The van der Waals surface area contributed by atoms with Crippen molar-refractivity contribution in [1.29, 1.82) is 0 Å². The molecule has 1 aliphatic heterocycles. The molecule has 0 radical (unpaired) electrons. The zero-order valence-corrected chi connectivity index (χ0v) is 18.7. The van der Waals surface area contributed by atoms with Gasteiger partial charge in [0.25, 0.3) is 5.91 Å². The van der Waals surface area contributed by atoms with Crippen molar-refractivity contribution in [2.75, 3.05) is 0 Å². The van der Waals surface area contributed by atoms with Crippen LogP contribution in [0.25, 0.3) is 16.9 Å². The quantitative estimate of drug-likeness (QED) is 0.487. The van der Waals surface area contributed by atoms with Crippen LogP contribution in [-0.2, 0) is 6.18 Å². The molecule has 0 N–H and O–H groups in total. The molecule has 5 rings (SSSR count). The fourth-order valence-electron chi connectivity index (χ4n) is 5.60. The van der Waals surface area contributed by atoms with E-state index in [1.54, 1.807) is 30.3 Å². The van der Waals surface area contributed by atoms with Crippen molar-refractivity contribution in [3.05, 3.63) is 53.9 Å². The lowest BCUT2D eigenvalue weighted by molar-refractivity contribution is -0.142. The number of rotatable bonds is 2. The normalized spacial score (nSPS) is 25.8. The molecule has 1 saturated heterocycles. The van der Waals surface area contributed by atoms with Crippen LogP contribution >= 0.6 is 0 Å². The standard InChI is InChI=1S/C25H27F3N4O/c1-15-8-11-21-18(12-15)10-9-16(2)31(21)24(33)20-14-23-29-19(17-6-4-3-5-7-17)13-22(25(26,27)28)32(23)30-20/h3-7,13-16,18,21H,8-12H2,1-2H3/t15-,16-,18+,21-/m0/s1. The molecule has 33 heavy (non-hydrogen) atoms. The smallest absolute Gasteiger partial charge is 0.331 e. The molecule has 4 atom stereocenters.